The molecule has 0 N–H and O–H groups in total. The van der Waals surface area contributed by atoms with Gasteiger partial charge < -0.3 is 19.6 Å². The Hall–Kier alpha value is -4.18. The van der Waals surface area contributed by atoms with Crippen molar-refractivity contribution in [1.29, 1.82) is 0 Å². The summed E-state index contributed by atoms with van der Waals surface area (Å²) < 4.78 is 0. The maximum atomic E-state index is 2.64. The van der Waals surface area contributed by atoms with Crippen LogP contribution >= 0.6 is 0 Å². The van der Waals surface area contributed by atoms with Crippen molar-refractivity contribution in [3.05, 3.63) is 131 Å². The largest absolute Gasteiger partial charge is 0.326 e. The van der Waals surface area contributed by atoms with Crippen LogP contribution < -0.4 is 19.6 Å². The fourth-order valence-corrected chi connectivity index (χ4v) is 8.49. The van der Waals surface area contributed by atoms with Crippen LogP contribution in [0.4, 0.5) is 22.7 Å². The maximum absolute atomic E-state index is 2.64. The van der Waals surface area contributed by atoms with E-state index in [-0.39, 0.29) is 0 Å². The van der Waals surface area contributed by atoms with Gasteiger partial charge in [-0.25, -0.2) is 0 Å². The summed E-state index contributed by atoms with van der Waals surface area (Å²) in [5.41, 5.74) is 11.4. The normalized spacial score (nSPS) is 27.5. The third-order valence-electron chi connectivity index (χ3n) is 9.94. The minimum atomic E-state index is 0.411. The monoisotopic (exact) mass is 494 g/mol. The molecule has 4 aromatic carbocycles. The Morgan fingerprint density at radius 3 is 1.13 bits per heavy atom. The highest BCUT2D eigenvalue weighted by atomic mass is 15.5. The standard InChI is InChI=1S/C34H30N4/c1-35-27-15-7-9-17-29(27)37-19-25-26(20-38-30-18-10-8-16-28(30)36(2)34(38)33(35)37)32-23-13-5-3-11-21(23)31(25)22-12-4-6-14-24(22)32/h3-18,25-26,31-32H,19-20H2,1-2H3/b34-33-/t25-,26-,31?,32?/m0/s1. The Morgan fingerprint density at radius 2 is 0.763 bits per heavy atom. The first kappa shape index (κ1) is 20.8. The molecule has 3 heterocycles. The van der Waals surface area contributed by atoms with Gasteiger partial charge in [0.2, 0.25) is 0 Å². The van der Waals surface area contributed by atoms with Crippen LogP contribution in [0.2, 0.25) is 0 Å². The quantitative estimate of drug-likeness (QED) is 0.274. The second kappa shape index (κ2) is 7.22. The van der Waals surface area contributed by atoms with Crippen molar-refractivity contribution in [1.82, 2.24) is 0 Å². The van der Waals surface area contributed by atoms with Gasteiger partial charge in [-0.15, -0.1) is 0 Å². The molecular weight excluding hydrogens is 464 g/mol. The van der Waals surface area contributed by atoms with E-state index in [1.54, 1.807) is 22.3 Å². The lowest BCUT2D eigenvalue weighted by atomic mass is 9.54. The van der Waals surface area contributed by atoms with E-state index in [1.807, 2.05) is 0 Å². The summed E-state index contributed by atoms with van der Waals surface area (Å²) in [5, 5.41) is 0. The summed E-state index contributed by atoms with van der Waals surface area (Å²) in [6, 6.07) is 36.5. The maximum Gasteiger partial charge on any atom is 0.155 e. The molecule has 38 heavy (non-hydrogen) atoms. The van der Waals surface area contributed by atoms with E-state index >= 15 is 0 Å². The van der Waals surface area contributed by atoms with E-state index in [0.29, 0.717) is 23.7 Å². The number of hydrogen-bond donors (Lipinski definition) is 0. The molecule has 0 radical (unpaired) electrons. The third-order valence-corrected chi connectivity index (χ3v) is 9.94. The van der Waals surface area contributed by atoms with Gasteiger partial charge in [-0.3, -0.25) is 0 Å². The average Bonchev–Trinajstić information content (AvgIpc) is 3.37. The number of benzene rings is 4. The summed E-state index contributed by atoms with van der Waals surface area (Å²) in [6.07, 6.45) is 0. The number of fused-ring (bicyclic) bond motifs is 6. The van der Waals surface area contributed by atoms with Gasteiger partial charge in [0.05, 0.1) is 22.7 Å². The molecule has 0 fully saturated rings. The highest BCUT2D eigenvalue weighted by Crippen LogP contribution is 2.61. The molecule has 2 bridgehead atoms. The van der Waals surface area contributed by atoms with Gasteiger partial charge in [0.25, 0.3) is 0 Å². The molecule has 186 valence electrons. The lowest BCUT2D eigenvalue weighted by Gasteiger charge is -2.54. The van der Waals surface area contributed by atoms with Gasteiger partial charge in [-0.1, -0.05) is 72.8 Å². The topological polar surface area (TPSA) is 13.0 Å². The van der Waals surface area contributed by atoms with Crippen LogP contribution in [0.5, 0.6) is 0 Å². The van der Waals surface area contributed by atoms with E-state index in [9.17, 15) is 0 Å². The SMILES string of the molecule is CN1/C2=C3\N(C)c4ccccc4N3C[C@@H]3C4c5ccccc5C(c5ccccc54)[C@H]3CN2c2ccccc21. The molecule has 0 saturated heterocycles. The summed E-state index contributed by atoms with van der Waals surface area (Å²) in [7, 11) is 4.49. The predicted octanol–water partition coefficient (Wildman–Crippen LogP) is 6.56. The molecule has 3 aliphatic carbocycles. The number of hydrogen-bond acceptors (Lipinski definition) is 4. The number of para-hydroxylation sites is 4. The van der Waals surface area contributed by atoms with Crippen LogP contribution in [0.25, 0.3) is 0 Å². The van der Waals surface area contributed by atoms with Gasteiger partial charge in [-0.05, 0) is 58.4 Å². The molecule has 4 nitrogen and oxygen atoms in total. The van der Waals surface area contributed by atoms with E-state index in [4.69, 9.17) is 0 Å². The third kappa shape index (κ3) is 2.42. The molecule has 0 aromatic heterocycles. The fourth-order valence-electron chi connectivity index (χ4n) is 8.49. The zero-order valence-corrected chi connectivity index (χ0v) is 21.8. The Bertz CT molecular complexity index is 1500. The molecule has 6 aliphatic rings. The summed E-state index contributed by atoms with van der Waals surface area (Å²) >= 11 is 0. The molecule has 4 heteroatoms. The first-order chi connectivity index (χ1) is 18.7. The van der Waals surface area contributed by atoms with Crippen LogP contribution in [-0.2, 0) is 0 Å². The van der Waals surface area contributed by atoms with Crippen molar-refractivity contribution in [3.8, 4) is 0 Å². The zero-order valence-electron chi connectivity index (χ0n) is 21.8. The number of rotatable bonds is 0. The Balaban J connectivity index is 1.33. The van der Waals surface area contributed by atoms with E-state index in [2.05, 4.69) is 131 Å². The summed E-state index contributed by atoms with van der Waals surface area (Å²) in [4.78, 5) is 10.1. The second-order valence-corrected chi connectivity index (χ2v) is 11.5. The highest BCUT2D eigenvalue weighted by Gasteiger charge is 2.54. The van der Waals surface area contributed by atoms with Crippen molar-refractivity contribution in [2.24, 2.45) is 11.8 Å². The van der Waals surface area contributed by atoms with Crippen LogP contribution in [0, 0.1) is 11.8 Å². The lowest BCUT2D eigenvalue weighted by Crippen LogP contribution is -2.52. The molecule has 0 spiro atoms. The minimum Gasteiger partial charge on any atom is -0.326 e. The minimum absolute atomic E-state index is 0.411. The van der Waals surface area contributed by atoms with Crippen molar-refractivity contribution in [2.75, 3.05) is 46.8 Å². The first-order valence-electron chi connectivity index (χ1n) is 13.8. The fraction of sp³-hybridized carbons (Fsp3) is 0.235. The Morgan fingerprint density at radius 1 is 0.447 bits per heavy atom. The van der Waals surface area contributed by atoms with Gasteiger partial charge in [0.1, 0.15) is 0 Å². The van der Waals surface area contributed by atoms with Crippen molar-refractivity contribution < 1.29 is 0 Å². The Labute approximate surface area is 224 Å². The van der Waals surface area contributed by atoms with Crippen LogP contribution in [0.1, 0.15) is 34.1 Å². The van der Waals surface area contributed by atoms with E-state index in [1.165, 1.54) is 34.4 Å². The predicted molar refractivity (Wildman–Crippen MR) is 155 cm³/mol. The van der Waals surface area contributed by atoms with Crippen molar-refractivity contribution >= 4 is 22.7 Å². The van der Waals surface area contributed by atoms with Gasteiger partial charge in [0, 0.05) is 39.0 Å². The molecule has 10 rings (SSSR count). The summed E-state index contributed by atoms with van der Waals surface area (Å²) in [6.45, 7) is 2.04. The molecule has 0 unspecified atom stereocenters. The molecule has 3 aliphatic heterocycles. The smallest absolute Gasteiger partial charge is 0.155 e. The van der Waals surface area contributed by atoms with Crippen molar-refractivity contribution in [2.45, 2.75) is 11.8 Å². The number of nitrogens with zero attached hydrogens (tertiary/aromatic N) is 4. The lowest BCUT2D eigenvalue weighted by molar-refractivity contribution is 0.236. The zero-order chi connectivity index (χ0) is 25.1. The average molecular weight is 495 g/mol. The van der Waals surface area contributed by atoms with Crippen molar-refractivity contribution in [3.63, 3.8) is 0 Å². The van der Waals surface area contributed by atoms with Crippen LogP contribution in [0.15, 0.2) is 109 Å². The van der Waals surface area contributed by atoms with Crippen LogP contribution in [-0.4, -0.2) is 27.2 Å². The Kier molecular flexibility index (Phi) is 3.96. The molecule has 0 saturated carbocycles. The van der Waals surface area contributed by atoms with E-state index < -0.39 is 0 Å². The first-order valence-corrected chi connectivity index (χ1v) is 13.8. The van der Waals surface area contributed by atoms with E-state index in [0.717, 1.165) is 13.1 Å². The second-order valence-electron chi connectivity index (χ2n) is 11.5. The van der Waals surface area contributed by atoms with Gasteiger partial charge in [-0.2, -0.15) is 0 Å². The summed E-state index contributed by atoms with van der Waals surface area (Å²) in [5.74, 6) is 4.44. The van der Waals surface area contributed by atoms with Gasteiger partial charge >= 0.3 is 0 Å². The molecule has 4 aromatic rings. The van der Waals surface area contributed by atoms with Crippen LogP contribution in [0.3, 0.4) is 0 Å². The molecule has 2 atom stereocenters. The number of anilines is 4. The highest BCUT2D eigenvalue weighted by molar-refractivity contribution is 5.89. The van der Waals surface area contributed by atoms with Gasteiger partial charge in [0.15, 0.2) is 11.6 Å². The molecular formula is C34H30N4. The molecule has 0 amide bonds.